The summed E-state index contributed by atoms with van der Waals surface area (Å²) in [5.74, 6) is -2.98. The van der Waals surface area contributed by atoms with E-state index in [0.29, 0.717) is 0 Å². The summed E-state index contributed by atoms with van der Waals surface area (Å²) in [6.07, 6.45) is 0. The van der Waals surface area contributed by atoms with Gasteiger partial charge in [0.25, 0.3) is 0 Å². The smallest absolute Gasteiger partial charge is 0.545 e. The molecule has 1 aromatic heterocycles. The van der Waals surface area contributed by atoms with Gasteiger partial charge >= 0.3 is 34.1 Å². The van der Waals surface area contributed by atoms with Crippen LogP contribution in [0.25, 0.3) is 0 Å². The maximum atomic E-state index is 10.2. The molecule has 0 aromatic carbocycles. The van der Waals surface area contributed by atoms with Crippen molar-refractivity contribution in [1.82, 2.24) is 0 Å². The van der Waals surface area contributed by atoms with Crippen LogP contribution in [-0.4, -0.2) is 11.9 Å². The molecule has 0 aliphatic heterocycles. The fraction of sp³-hybridized carbons (Fsp3) is 0. The van der Waals surface area contributed by atoms with Crippen molar-refractivity contribution in [3.05, 3.63) is 21.9 Å². The molecule has 7 heteroatoms. The summed E-state index contributed by atoms with van der Waals surface area (Å²) in [4.78, 5) is 20.1. The second-order valence-corrected chi connectivity index (χ2v) is 2.65. The number of rotatable bonds is 2. The number of hydrogen-bond donors (Lipinski definition) is 0. The molecule has 0 saturated carbocycles. The van der Waals surface area contributed by atoms with Crippen molar-refractivity contribution in [3.8, 4) is 0 Å². The van der Waals surface area contributed by atoms with Gasteiger partial charge in [-0.3, -0.25) is 0 Å². The van der Waals surface area contributed by atoms with Gasteiger partial charge in [-0.15, -0.1) is 11.3 Å². The normalized spacial score (nSPS) is 8.00. The fourth-order valence-corrected chi connectivity index (χ4v) is 1.34. The van der Waals surface area contributed by atoms with Crippen molar-refractivity contribution in [1.29, 1.82) is 0 Å². The third kappa shape index (κ3) is 3.50. The van der Waals surface area contributed by atoms with Crippen molar-refractivity contribution in [2.75, 3.05) is 0 Å². The molecule has 0 amide bonds. The Balaban J connectivity index is 0. The van der Waals surface area contributed by atoms with E-state index in [9.17, 15) is 19.8 Å². The number of thiophene rings is 1. The Hall–Kier alpha value is -0.321. The standard InChI is InChI=1S/C6H4O4S.2Cu/c7-5(8)3-1-2-11-4(3)6(9)10;;/h1-2H,(H,7,8)(H,9,10);;/q;2*+1/p-2. The van der Waals surface area contributed by atoms with Gasteiger partial charge in [0, 0.05) is 5.56 Å². The molecule has 0 unspecified atom stereocenters. The van der Waals surface area contributed by atoms with E-state index in [4.69, 9.17) is 0 Å². The number of hydrogen-bond acceptors (Lipinski definition) is 5. The van der Waals surface area contributed by atoms with Crippen LogP contribution in [0.15, 0.2) is 11.4 Å². The molecule has 0 fully saturated rings. The van der Waals surface area contributed by atoms with Crippen LogP contribution in [0.2, 0.25) is 0 Å². The molecule has 0 saturated heterocycles. The zero-order chi connectivity index (χ0) is 8.43. The predicted octanol–water partition coefficient (Wildman–Crippen LogP) is -1.53. The maximum absolute atomic E-state index is 10.2. The molecule has 0 aliphatic rings. The number of carboxylic acid groups (broad SMARTS) is 2. The minimum absolute atomic E-state index is 0. The van der Waals surface area contributed by atoms with Crippen molar-refractivity contribution < 1.29 is 53.9 Å². The largest absolute Gasteiger partial charge is 1.00 e. The van der Waals surface area contributed by atoms with Gasteiger partial charge in [-0.25, -0.2) is 0 Å². The Morgan fingerprint density at radius 1 is 1.15 bits per heavy atom. The second kappa shape index (κ2) is 6.18. The minimum atomic E-state index is -1.49. The van der Waals surface area contributed by atoms with Crippen molar-refractivity contribution in [2.45, 2.75) is 0 Å². The quantitative estimate of drug-likeness (QED) is 0.620. The predicted molar refractivity (Wildman–Crippen MR) is 33.0 cm³/mol. The number of aromatic carboxylic acids is 2. The molecular formula is C6H2Cu2O4S. The summed E-state index contributed by atoms with van der Waals surface area (Å²) in [5, 5.41) is 21.7. The molecule has 1 heterocycles. The number of carboxylic acids is 2. The Morgan fingerprint density at radius 3 is 2.00 bits per heavy atom. The summed E-state index contributed by atoms with van der Waals surface area (Å²) >= 11 is 0.803. The van der Waals surface area contributed by atoms with Gasteiger partial charge in [-0.05, 0) is 11.4 Å². The van der Waals surface area contributed by atoms with Crippen LogP contribution in [0.4, 0.5) is 0 Å². The summed E-state index contributed by atoms with van der Waals surface area (Å²) in [7, 11) is 0. The van der Waals surface area contributed by atoms with E-state index in [1.807, 2.05) is 0 Å². The maximum Gasteiger partial charge on any atom is 1.00 e. The minimum Gasteiger partial charge on any atom is -0.545 e. The summed E-state index contributed by atoms with van der Waals surface area (Å²) in [5.41, 5.74) is -0.324. The van der Waals surface area contributed by atoms with Crippen LogP contribution in [0.3, 0.4) is 0 Å². The Labute approximate surface area is 98.9 Å². The molecule has 13 heavy (non-hydrogen) atoms. The third-order valence-electron chi connectivity index (χ3n) is 1.07. The zero-order valence-corrected chi connectivity index (χ0v) is 8.50. The van der Waals surface area contributed by atoms with E-state index in [-0.39, 0.29) is 44.6 Å². The van der Waals surface area contributed by atoms with Gasteiger partial charge < -0.3 is 19.8 Å². The molecule has 0 atom stereocenters. The molecule has 1 rings (SSSR count). The van der Waals surface area contributed by atoms with Crippen LogP contribution < -0.4 is 10.2 Å². The van der Waals surface area contributed by atoms with Crippen molar-refractivity contribution >= 4 is 23.3 Å². The first kappa shape index (κ1) is 15.2. The molecule has 4 nitrogen and oxygen atoms in total. The molecule has 0 aliphatic carbocycles. The van der Waals surface area contributed by atoms with Gasteiger partial charge in [-0.1, -0.05) is 0 Å². The van der Waals surface area contributed by atoms with Gasteiger partial charge in [0.05, 0.1) is 16.8 Å². The van der Waals surface area contributed by atoms with E-state index in [0.717, 1.165) is 11.3 Å². The molecule has 0 spiro atoms. The molecule has 1 aromatic rings. The van der Waals surface area contributed by atoms with Gasteiger partial charge in [0.2, 0.25) is 0 Å². The second-order valence-electron chi connectivity index (χ2n) is 1.74. The van der Waals surface area contributed by atoms with Crippen molar-refractivity contribution in [3.63, 3.8) is 0 Å². The van der Waals surface area contributed by atoms with Crippen LogP contribution in [0, 0.1) is 0 Å². The first-order chi connectivity index (χ1) is 5.13. The Morgan fingerprint density at radius 2 is 1.69 bits per heavy atom. The molecule has 0 radical (unpaired) electrons. The zero-order valence-electron chi connectivity index (χ0n) is 5.80. The van der Waals surface area contributed by atoms with Crippen LogP contribution in [0.5, 0.6) is 0 Å². The Bertz CT molecular complexity index is 281. The average molecular weight is 297 g/mol. The SMILES string of the molecule is O=C([O-])c1ccsc1C(=O)[O-].[Cu+].[Cu+]. The molecule has 0 N–H and O–H groups in total. The van der Waals surface area contributed by atoms with Gasteiger partial charge in [0.15, 0.2) is 0 Å². The fourth-order valence-electron chi connectivity index (χ4n) is 0.628. The van der Waals surface area contributed by atoms with E-state index in [2.05, 4.69) is 0 Å². The molecule has 0 bridgehead atoms. The third-order valence-corrected chi connectivity index (χ3v) is 1.96. The van der Waals surface area contributed by atoms with Gasteiger partial charge in [0.1, 0.15) is 0 Å². The van der Waals surface area contributed by atoms with Crippen LogP contribution >= 0.6 is 11.3 Å². The van der Waals surface area contributed by atoms with Crippen molar-refractivity contribution in [2.24, 2.45) is 0 Å². The Kier molecular flexibility index (Phi) is 7.21. The monoisotopic (exact) mass is 296 g/mol. The summed E-state index contributed by atoms with van der Waals surface area (Å²) in [6, 6.07) is 1.17. The first-order valence-corrected chi connectivity index (χ1v) is 3.51. The summed E-state index contributed by atoms with van der Waals surface area (Å²) in [6.45, 7) is 0. The molecule has 78 valence electrons. The van der Waals surface area contributed by atoms with Gasteiger partial charge in [-0.2, -0.15) is 0 Å². The number of carbonyl (C=O) groups is 2. The van der Waals surface area contributed by atoms with Crippen LogP contribution in [-0.2, 0) is 34.1 Å². The first-order valence-electron chi connectivity index (χ1n) is 2.63. The average Bonchev–Trinajstić information content (AvgIpc) is 2.32. The topological polar surface area (TPSA) is 80.3 Å². The van der Waals surface area contributed by atoms with E-state index in [1.165, 1.54) is 11.4 Å². The number of carbonyl (C=O) groups excluding carboxylic acids is 2. The van der Waals surface area contributed by atoms with E-state index in [1.54, 1.807) is 0 Å². The summed E-state index contributed by atoms with van der Waals surface area (Å²) < 4.78 is 0. The molecular weight excluding hydrogens is 295 g/mol. The van der Waals surface area contributed by atoms with Crippen LogP contribution in [0.1, 0.15) is 20.0 Å². The van der Waals surface area contributed by atoms with E-state index < -0.39 is 11.9 Å². The van der Waals surface area contributed by atoms with E-state index >= 15 is 0 Å².